The van der Waals surface area contributed by atoms with E-state index in [4.69, 9.17) is 9.84 Å². The molecule has 2 N–H and O–H groups in total. The monoisotopic (exact) mass is 465 g/mol. The zero-order chi connectivity index (χ0) is 24.3. The van der Waals surface area contributed by atoms with Crippen LogP contribution in [0.5, 0.6) is 5.75 Å². The Hall–Kier alpha value is -2.15. The average molecular weight is 466 g/mol. The number of unbranched alkanes of at least 4 members (excludes halogenated alkanes) is 10. The molecule has 0 aliphatic heterocycles. The van der Waals surface area contributed by atoms with Gasteiger partial charge in [0.2, 0.25) is 0 Å². The minimum Gasteiger partial charge on any atom is -0.494 e. The molecule has 0 saturated carbocycles. The van der Waals surface area contributed by atoms with Crippen LogP contribution < -0.4 is 4.74 Å². The SMILES string of the molecule is CCCCCCCCCCCCC(CCCCOc1ccc([N+](=O)[O-])cc1)CC(O)C(=O)O. The van der Waals surface area contributed by atoms with Gasteiger partial charge in [-0.1, -0.05) is 84.0 Å². The lowest BCUT2D eigenvalue weighted by atomic mass is 9.90. The van der Waals surface area contributed by atoms with Crippen molar-refractivity contribution in [3.8, 4) is 5.75 Å². The zero-order valence-corrected chi connectivity index (χ0v) is 20.3. The van der Waals surface area contributed by atoms with Gasteiger partial charge < -0.3 is 14.9 Å². The van der Waals surface area contributed by atoms with E-state index in [1.165, 1.54) is 63.5 Å². The summed E-state index contributed by atoms with van der Waals surface area (Å²) >= 11 is 0. The summed E-state index contributed by atoms with van der Waals surface area (Å²) in [4.78, 5) is 21.3. The van der Waals surface area contributed by atoms with E-state index in [-0.39, 0.29) is 11.6 Å². The third-order valence-corrected chi connectivity index (χ3v) is 6.13. The van der Waals surface area contributed by atoms with Crippen LogP contribution in [0.2, 0.25) is 0 Å². The van der Waals surface area contributed by atoms with E-state index in [2.05, 4.69) is 6.92 Å². The molecule has 0 aliphatic rings. The van der Waals surface area contributed by atoms with E-state index in [1.807, 2.05) is 0 Å². The van der Waals surface area contributed by atoms with Gasteiger partial charge in [-0.2, -0.15) is 0 Å². The number of aliphatic hydroxyl groups is 1. The summed E-state index contributed by atoms with van der Waals surface area (Å²) in [5, 5.41) is 29.5. The zero-order valence-electron chi connectivity index (χ0n) is 20.3. The molecule has 0 bridgehead atoms. The van der Waals surface area contributed by atoms with Crippen molar-refractivity contribution in [1.29, 1.82) is 0 Å². The van der Waals surface area contributed by atoms with Crippen LogP contribution >= 0.6 is 0 Å². The van der Waals surface area contributed by atoms with E-state index in [0.717, 1.165) is 38.5 Å². The fourth-order valence-corrected chi connectivity index (χ4v) is 4.11. The lowest BCUT2D eigenvalue weighted by molar-refractivity contribution is -0.384. The number of carbonyl (C=O) groups is 1. The Kier molecular flexibility index (Phi) is 16.0. The van der Waals surface area contributed by atoms with E-state index < -0.39 is 17.0 Å². The van der Waals surface area contributed by atoms with Crippen molar-refractivity contribution in [2.75, 3.05) is 6.61 Å². The fourth-order valence-electron chi connectivity index (χ4n) is 4.11. The number of aliphatic carboxylic acids is 1. The Bertz CT molecular complexity index is 649. The Morgan fingerprint density at radius 3 is 1.94 bits per heavy atom. The van der Waals surface area contributed by atoms with Gasteiger partial charge in [-0.25, -0.2) is 4.79 Å². The molecule has 0 aliphatic carbocycles. The van der Waals surface area contributed by atoms with Crippen LogP contribution in [0.4, 0.5) is 5.69 Å². The van der Waals surface area contributed by atoms with Gasteiger partial charge in [0.1, 0.15) is 5.75 Å². The van der Waals surface area contributed by atoms with E-state index in [9.17, 15) is 20.0 Å². The predicted molar refractivity (Wildman–Crippen MR) is 131 cm³/mol. The summed E-state index contributed by atoms with van der Waals surface area (Å²) in [6, 6.07) is 6.03. The number of non-ortho nitro benzene ring substituents is 1. The number of nitro benzene ring substituents is 1. The first kappa shape index (κ1) is 28.9. The first-order valence-corrected chi connectivity index (χ1v) is 12.7. The van der Waals surface area contributed by atoms with Gasteiger partial charge in [-0.15, -0.1) is 0 Å². The molecule has 2 unspecified atom stereocenters. The van der Waals surface area contributed by atoms with Crippen molar-refractivity contribution in [3.63, 3.8) is 0 Å². The molecule has 1 aromatic rings. The van der Waals surface area contributed by atoms with Crippen LogP contribution in [0.15, 0.2) is 24.3 Å². The normalized spacial score (nSPS) is 12.9. The predicted octanol–water partition coefficient (Wildman–Crippen LogP) is 6.91. The molecule has 33 heavy (non-hydrogen) atoms. The maximum atomic E-state index is 11.1. The van der Waals surface area contributed by atoms with Crippen molar-refractivity contribution < 1.29 is 24.7 Å². The van der Waals surface area contributed by atoms with Gasteiger partial charge in [-0.05, 0) is 37.3 Å². The largest absolute Gasteiger partial charge is 0.494 e. The highest BCUT2D eigenvalue weighted by atomic mass is 16.6. The molecule has 0 fully saturated rings. The van der Waals surface area contributed by atoms with E-state index in [1.54, 1.807) is 12.1 Å². The van der Waals surface area contributed by atoms with Gasteiger partial charge in [0, 0.05) is 12.1 Å². The Labute approximate surface area is 198 Å². The lowest BCUT2D eigenvalue weighted by Gasteiger charge is -2.18. The maximum absolute atomic E-state index is 11.1. The van der Waals surface area contributed by atoms with Crippen molar-refractivity contribution in [2.45, 2.75) is 109 Å². The standard InChI is InChI=1S/C26H43NO6/c1-2-3-4-5-6-7-8-9-10-11-14-22(21-25(28)26(29)30)15-12-13-20-33-24-18-16-23(17-19-24)27(31)32/h16-19,22,25,28H,2-15,20-21H2,1H3,(H,29,30). The van der Waals surface area contributed by atoms with Crippen LogP contribution in [-0.4, -0.2) is 33.8 Å². The van der Waals surface area contributed by atoms with Crippen molar-refractivity contribution in [1.82, 2.24) is 0 Å². The number of ether oxygens (including phenoxy) is 1. The van der Waals surface area contributed by atoms with E-state index in [0.29, 0.717) is 18.8 Å². The summed E-state index contributed by atoms with van der Waals surface area (Å²) in [7, 11) is 0. The molecule has 0 aromatic heterocycles. The van der Waals surface area contributed by atoms with Gasteiger partial charge in [0.15, 0.2) is 6.10 Å². The molecule has 2 atom stereocenters. The molecule has 1 aromatic carbocycles. The summed E-state index contributed by atoms with van der Waals surface area (Å²) < 4.78 is 5.64. The number of nitrogens with zero attached hydrogens (tertiary/aromatic N) is 1. The first-order valence-electron chi connectivity index (χ1n) is 12.7. The number of aliphatic hydroxyl groups excluding tert-OH is 1. The Morgan fingerprint density at radius 1 is 0.909 bits per heavy atom. The number of carboxylic acid groups (broad SMARTS) is 1. The van der Waals surface area contributed by atoms with Crippen molar-refractivity contribution >= 4 is 11.7 Å². The third kappa shape index (κ3) is 14.6. The highest BCUT2D eigenvalue weighted by Gasteiger charge is 2.19. The molecule has 0 heterocycles. The molecular formula is C26H43NO6. The van der Waals surface area contributed by atoms with Gasteiger partial charge in [0.25, 0.3) is 5.69 Å². The highest BCUT2D eigenvalue weighted by Crippen LogP contribution is 2.23. The molecule has 1 rings (SSSR count). The number of hydrogen-bond donors (Lipinski definition) is 2. The number of carboxylic acids is 1. The topological polar surface area (TPSA) is 110 Å². The summed E-state index contributed by atoms with van der Waals surface area (Å²) in [5.74, 6) is -0.349. The second-order valence-corrected chi connectivity index (χ2v) is 9.02. The molecule has 188 valence electrons. The molecule has 0 saturated heterocycles. The highest BCUT2D eigenvalue weighted by molar-refractivity contribution is 5.71. The van der Waals surface area contributed by atoms with Crippen LogP contribution in [0.25, 0.3) is 0 Å². The summed E-state index contributed by atoms with van der Waals surface area (Å²) in [6.07, 6.45) is 15.2. The van der Waals surface area contributed by atoms with Crippen LogP contribution in [0.1, 0.15) is 103 Å². The number of nitro groups is 1. The second kappa shape index (κ2) is 18.3. The van der Waals surface area contributed by atoms with Crippen molar-refractivity contribution in [2.24, 2.45) is 5.92 Å². The second-order valence-electron chi connectivity index (χ2n) is 9.02. The molecule has 0 radical (unpaired) electrons. The number of hydrogen-bond acceptors (Lipinski definition) is 5. The average Bonchev–Trinajstić information content (AvgIpc) is 2.79. The molecule has 7 heteroatoms. The van der Waals surface area contributed by atoms with E-state index >= 15 is 0 Å². The lowest BCUT2D eigenvalue weighted by Crippen LogP contribution is -2.23. The molecule has 0 amide bonds. The number of benzene rings is 1. The van der Waals surface area contributed by atoms with Crippen LogP contribution in [0.3, 0.4) is 0 Å². The number of rotatable bonds is 21. The maximum Gasteiger partial charge on any atom is 0.332 e. The third-order valence-electron chi connectivity index (χ3n) is 6.13. The minimum atomic E-state index is -1.30. The van der Waals surface area contributed by atoms with Crippen molar-refractivity contribution in [3.05, 3.63) is 34.4 Å². The summed E-state index contributed by atoms with van der Waals surface area (Å²) in [5.41, 5.74) is 0.0363. The smallest absolute Gasteiger partial charge is 0.332 e. The summed E-state index contributed by atoms with van der Waals surface area (Å²) in [6.45, 7) is 2.74. The van der Waals surface area contributed by atoms with Gasteiger partial charge in [-0.3, -0.25) is 10.1 Å². The molecule has 7 nitrogen and oxygen atoms in total. The first-order chi connectivity index (χ1) is 15.9. The minimum absolute atomic E-state index is 0.0363. The molecular weight excluding hydrogens is 422 g/mol. The van der Waals surface area contributed by atoms with Crippen LogP contribution in [0, 0.1) is 16.0 Å². The Balaban J connectivity index is 2.22. The molecule has 0 spiro atoms. The van der Waals surface area contributed by atoms with Gasteiger partial charge in [0.05, 0.1) is 11.5 Å². The van der Waals surface area contributed by atoms with Crippen LogP contribution in [-0.2, 0) is 4.79 Å². The van der Waals surface area contributed by atoms with Gasteiger partial charge >= 0.3 is 5.97 Å². The Morgan fingerprint density at radius 2 is 1.42 bits per heavy atom. The quantitative estimate of drug-likeness (QED) is 0.116. The fraction of sp³-hybridized carbons (Fsp3) is 0.731.